The molecule has 2 rings (SSSR count). The van der Waals surface area contributed by atoms with Gasteiger partial charge in [0.05, 0.1) is 6.61 Å². The minimum atomic E-state index is 0.352. The van der Waals surface area contributed by atoms with Gasteiger partial charge in [0.1, 0.15) is 0 Å². The second kappa shape index (κ2) is 5.64. The Morgan fingerprint density at radius 2 is 2.33 bits per heavy atom. The van der Waals surface area contributed by atoms with Crippen LogP contribution in [0.2, 0.25) is 0 Å². The molecule has 0 aromatic rings. The Morgan fingerprint density at radius 1 is 1.40 bits per heavy atom. The first kappa shape index (κ1) is 11.1. The van der Waals surface area contributed by atoms with Gasteiger partial charge in [-0.15, -0.1) is 0 Å². The molecule has 1 fully saturated rings. The molecule has 0 saturated carbocycles. The predicted octanol–water partition coefficient (Wildman–Crippen LogP) is 1.75. The molecule has 1 aliphatic heterocycles. The number of hydrazine groups is 1. The molecule has 1 heterocycles. The Kier molecular flexibility index (Phi) is 4.18. The lowest BCUT2D eigenvalue weighted by Crippen LogP contribution is -2.42. The Balaban J connectivity index is 2.00. The number of allylic oxidation sites excluding steroid dienone is 1. The van der Waals surface area contributed by atoms with E-state index in [1.54, 1.807) is 0 Å². The zero-order chi connectivity index (χ0) is 10.5. The van der Waals surface area contributed by atoms with Gasteiger partial charge >= 0.3 is 0 Å². The molecule has 1 saturated heterocycles. The van der Waals surface area contributed by atoms with Crippen LogP contribution in [0.5, 0.6) is 0 Å². The number of ether oxygens (including phenoxy) is 1. The van der Waals surface area contributed by atoms with E-state index in [4.69, 9.17) is 10.6 Å². The van der Waals surface area contributed by atoms with Crippen LogP contribution in [0.3, 0.4) is 0 Å². The molecular formula is C12H22N2O. The zero-order valence-electron chi connectivity index (χ0n) is 9.37. The molecule has 2 atom stereocenters. The summed E-state index contributed by atoms with van der Waals surface area (Å²) in [5.41, 5.74) is 4.51. The van der Waals surface area contributed by atoms with Gasteiger partial charge in [-0.3, -0.25) is 11.3 Å². The third-order valence-corrected chi connectivity index (χ3v) is 3.59. The summed E-state index contributed by atoms with van der Waals surface area (Å²) in [6, 6.07) is 0.352. The zero-order valence-corrected chi connectivity index (χ0v) is 9.37. The summed E-state index contributed by atoms with van der Waals surface area (Å²) in [6.45, 7) is 1.77. The van der Waals surface area contributed by atoms with E-state index in [0.29, 0.717) is 12.0 Å². The van der Waals surface area contributed by atoms with Gasteiger partial charge in [0.25, 0.3) is 0 Å². The summed E-state index contributed by atoms with van der Waals surface area (Å²) in [7, 11) is 0. The molecule has 0 spiro atoms. The number of hydrogen-bond donors (Lipinski definition) is 2. The molecule has 3 heteroatoms. The second-order valence-electron chi connectivity index (χ2n) is 4.65. The average molecular weight is 210 g/mol. The van der Waals surface area contributed by atoms with Gasteiger partial charge in [-0.1, -0.05) is 18.1 Å². The van der Waals surface area contributed by atoms with Crippen molar-refractivity contribution in [1.82, 2.24) is 5.43 Å². The van der Waals surface area contributed by atoms with E-state index >= 15 is 0 Å². The van der Waals surface area contributed by atoms with E-state index in [1.807, 2.05) is 0 Å². The third-order valence-electron chi connectivity index (χ3n) is 3.59. The molecule has 3 N–H and O–H groups in total. The lowest BCUT2D eigenvalue weighted by molar-refractivity contribution is 0.179. The number of nitrogens with one attached hydrogen (secondary N) is 1. The van der Waals surface area contributed by atoms with E-state index in [1.165, 1.54) is 37.7 Å². The monoisotopic (exact) mass is 210 g/mol. The van der Waals surface area contributed by atoms with Crippen molar-refractivity contribution in [2.24, 2.45) is 11.8 Å². The topological polar surface area (TPSA) is 47.3 Å². The van der Waals surface area contributed by atoms with Gasteiger partial charge in [-0.2, -0.15) is 0 Å². The summed E-state index contributed by atoms with van der Waals surface area (Å²) < 4.78 is 5.44. The van der Waals surface area contributed by atoms with E-state index < -0.39 is 0 Å². The predicted molar refractivity (Wildman–Crippen MR) is 61.2 cm³/mol. The van der Waals surface area contributed by atoms with Gasteiger partial charge in [0, 0.05) is 18.6 Å². The lowest BCUT2D eigenvalue weighted by atomic mass is 9.90. The smallest absolute Gasteiger partial charge is 0.0513 e. The molecule has 1 aliphatic carbocycles. The van der Waals surface area contributed by atoms with Crippen LogP contribution in [0.1, 0.15) is 38.5 Å². The van der Waals surface area contributed by atoms with E-state index in [9.17, 15) is 0 Å². The molecule has 0 aromatic heterocycles. The number of hydrogen-bond acceptors (Lipinski definition) is 3. The van der Waals surface area contributed by atoms with Crippen molar-refractivity contribution in [3.05, 3.63) is 11.6 Å². The summed E-state index contributed by atoms with van der Waals surface area (Å²) in [5.74, 6) is 6.27. The van der Waals surface area contributed by atoms with Crippen LogP contribution in [-0.4, -0.2) is 19.3 Å². The highest BCUT2D eigenvalue weighted by Gasteiger charge is 2.27. The lowest BCUT2D eigenvalue weighted by Gasteiger charge is -2.24. The Morgan fingerprint density at radius 3 is 3.07 bits per heavy atom. The first-order valence-corrected chi connectivity index (χ1v) is 6.14. The second-order valence-corrected chi connectivity index (χ2v) is 4.65. The van der Waals surface area contributed by atoms with Crippen LogP contribution in [0.25, 0.3) is 0 Å². The van der Waals surface area contributed by atoms with Crippen molar-refractivity contribution >= 4 is 0 Å². The standard InChI is InChI=1S/C12H22N2O/c13-14-12(11-7-8-15-9-11)10-5-3-1-2-4-6-10/h5,11-12,14H,1-4,6-9,13H2. The average Bonchev–Trinajstić information content (AvgIpc) is 2.63. The van der Waals surface area contributed by atoms with E-state index in [2.05, 4.69) is 11.5 Å². The minimum Gasteiger partial charge on any atom is -0.381 e. The first-order chi connectivity index (χ1) is 7.42. The maximum atomic E-state index is 5.69. The number of rotatable bonds is 3. The van der Waals surface area contributed by atoms with Gasteiger partial charge < -0.3 is 4.74 Å². The molecule has 0 bridgehead atoms. The molecule has 2 unspecified atom stereocenters. The van der Waals surface area contributed by atoms with Crippen molar-refractivity contribution in [1.29, 1.82) is 0 Å². The fraction of sp³-hybridized carbons (Fsp3) is 0.833. The fourth-order valence-corrected chi connectivity index (χ4v) is 2.68. The normalized spacial score (nSPS) is 29.7. The van der Waals surface area contributed by atoms with Gasteiger partial charge in [-0.25, -0.2) is 0 Å². The highest BCUT2D eigenvalue weighted by molar-refractivity contribution is 5.14. The minimum absolute atomic E-state index is 0.352. The summed E-state index contributed by atoms with van der Waals surface area (Å²) >= 11 is 0. The van der Waals surface area contributed by atoms with Crippen LogP contribution in [0.15, 0.2) is 11.6 Å². The van der Waals surface area contributed by atoms with Crippen LogP contribution < -0.4 is 11.3 Å². The highest BCUT2D eigenvalue weighted by Crippen LogP contribution is 2.27. The van der Waals surface area contributed by atoms with Crippen LogP contribution in [0.4, 0.5) is 0 Å². The van der Waals surface area contributed by atoms with Crippen LogP contribution >= 0.6 is 0 Å². The van der Waals surface area contributed by atoms with Crippen LogP contribution in [-0.2, 0) is 4.74 Å². The maximum Gasteiger partial charge on any atom is 0.0513 e. The molecule has 86 valence electrons. The van der Waals surface area contributed by atoms with Crippen molar-refractivity contribution in [3.8, 4) is 0 Å². The van der Waals surface area contributed by atoms with Crippen molar-refractivity contribution < 1.29 is 4.74 Å². The first-order valence-electron chi connectivity index (χ1n) is 6.14. The molecule has 15 heavy (non-hydrogen) atoms. The quantitative estimate of drug-likeness (QED) is 0.424. The molecule has 2 aliphatic rings. The molecule has 0 aromatic carbocycles. The summed E-state index contributed by atoms with van der Waals surface area (Å²) in [5, 5.41) is 0. The Hall–Kier alpha value is -0.380. The Labute approximate surface area is 92.0 Å². The SMILES string of the molecule is NNC(C1=CCCCCC1)C1CCOC1. The summed E-state index contributed by atoms with van der Waals surface area (Å²) in [4.78, 5) is 0. The van der Waals surface area contributed by atoms with Crippen LogP contribution in [0, 0.1) is 5.92 Å². The van der Waals surface area contributed by atoms with Gasteiger partial charge in [0.15, 0.2) is 0 Å². The van der Waals surface area contributed by atoms with Crippen molar-refractivity contribution in [2.45, 2.75) is 44.6 Å². The molecule has 0 amide bonds. The van der Waals surface area contributed by atoms with Gasteiger partial charge in [-0.05, 0) is 32.1 Å². The maximum absolute atomic E-state index is 5.69. The summed E-state index contributed by atoms with van der Waals surface area (Å²) in [6.07, 6.45) is 9.99. The largest absolute Gasteiger partial charge is 0.381 e. The van der Waals surface area contributed by atoms with Crippen molar-refractivity contribution in [3.63, 3.8) is 0 Å². The van der Waals surface area contributed by atoms with E-state index in [-0.39, 0.29) is 0 Å². The third kappa shape index (κ3) is 2.80. The molecular weight excluding hydrogens is 188 g/mol. The number of nitrogens with two attached hydrogens (primary N) is 1. The Bertz CT molecular complexity index is 222. The highest BCUT2D eigenvalue weighted by atomic mass is 16.5. The van der Waals surface area contributed by atoms with Crippen molar-refractivity contribution in [2.75, 3.05) is 13.2 Å². The molecule has 0 radical (unpaired) electrons. The van der Waals surface area contributed by atoms with E-state index in [0.717, 1.165) is 19.6 Å². The van der Waals surface area contributed by atoms with Gasteiger partial charge in [0.2, 0.25) is 0 Å². The molecule has 3 nitrogen and oxygen atoms in total. The fourth-order valence-electron chi connectivity index (χ4n) is 2.68.